The van der Waals surface area contributed by atoms with Crippen LogP contribution in [0.5, 0.6) is 11.5 Å². The summed E-state index contributed by atoms with van der Waals surface area (Å²) >= 11 is 0. The second-order valence-corrected chi connectivity index (χ2v) is 5.02. The van der Waals surface area contributed by atoms with Gasteiger partial charge in [-0.2, -0.15) is 0 Å². The second-order valence-electron chi connectivity index (χ2n) is 5.02. The fraction of sp³-hybridized carbons (Fsp3) is 0.600. The number of rotatable bonds is 4. The average molecular weight is 249 g/mol. The minimum absolute atomic E-state index is 0.393. The monoisotopic (exact) mass is 249 g/mol. The van der Waals surface area contributed by atoms with E-state index in [1.165, 1.54) is 11.1 Å². The van der Waals surface area contributed by atoms with Gasteiger partial charge in [-0.3, -0.25) is 0 Å². The van der Waals surface area contributed by atoms with E-state index in [1.54, 1.807) is 14.2 Å². The Morgan fingerprint density at radius 1 is 1.17 bits per heavy atom. The molecule has 0 aromatic heterocycles. The van der Waals surface area contributed by atoms with Crippen LogP contribution in [0, 0.1) is 5.92 Å². The van der Waals surface area contributed by atoms with Crippen molar-refractivity contribution < 1.29 is 9.47 Å². The summed E-state index contributed by atoms with van der Waals surface area (Å²) in [5.41, 5.74) is 2.66. The average Bonchev–Trinajstić information content (AvgIpc) is 2.63. The SMILES string of the molecule is CCNC1c2cc(OC)cc(OC)c2C(C)C1C. The van der Waals surface area contributed by atoms with Gasteiger partial charge in [-0.25, -0.2) is 0 Å². The van der Waals surface area contributed by atoms with Crippen LogP contribution in [0.2, 0.25) is 0 Å². The summed E-state index contributed by atoms with van der Waals surface area (Å²) in [5, 5.41) is 3.57. The van der Waals surface area contributed by atoms with E-state index in [0.29, 0.717) is 17.9 Å². The number of ether oxygens (including phenoxy) is 2. The molecule has 0 aliphatic heterocycles. The Hall–Kier alpha value is -1.22. The van der Waals surface area contributed by atoms with E-state index in [0.717, 1.165) is 18.0 Å². The molecule has 100 valence electrons. The Morgan fingerprint density at radius 2 is 1.89 bits per heavy atom. The van der Waals surface area contributed by atoms with E-state index in [4.69, 9.17) is 9.47 Å². The molecule has 1 aliphatic rings. The van der Waals surface area contributed by atoms with E-state index in [2.05, 4.69) is 32.2 Å². The third-order valence-electron chi connectivity index (χ3n) is 4.13. The predicted octanol–water partition coefficient (Wildman–Crippen LogP) is 3.11. The normalized spacial score (nSPS) is 25.9. The molecule has 1 aromatic rings. The second kappa shape index (κ2) is 5.19. The molecule has 3 atom stereocenters. The lowest BCUT2D eigenvalue weighted by atomic mass is 9.94. The van der Waals surface area contributed by atoms with E-state index in [1.807, 2.05) is 6.07 Å². The van der Waals surface area contributed by atoms with Crippen molar-refractivity contribution in [2.45, 2.75) is 32.7 Å². The van der Waals surface area contributed by atoms with Gasteiger partial charge in [0.05, 0.1) is 14.2 Å². The maximum absolute atomic E-state index is 5.54. The molecular formula is C15H23NO2. The quantitative estimate of drug-likeness (QED) is 0.889. The molecule has 0 fully saturated rings. The summed E-state index contributed by atoms with van der Waals surface area (Å²) in [6.45, 7) is 7.69. The first kappa shape index (κ1) is 13.2. The summed E-state index contributed by atoms with van der Waals surface area (Å²) in [6, 6.07) is 4.52. The van der Waals surface area contributed by atoms with Crippen molar-refractivity contribution in [2.24, 2.45) is 5.92 Å². The molecule has 0 bridgehead atoms. The number of nitrogens with one attached hydrogen (secondary N) is 1. The van der Waals surface area contributed by atoms with Gasteiger partial charge in [-0.15, -0.1) is 0 Å². The van der Waals surface area contributed by atoms with Crippen molar-refractivity contribution in [3.05, 3.63) is 23.3 Å². The van der Waals surface area contributed by atoms with Gasteiger partial charge in [-0.05, 0) is 30.0 Å². The Labute approximate surface area is 109 Å². The maximum Gasteiger partial charge on any atom is 0.126 e. The zero-order valence-electron chi connectivity index (χ0n) is 11.9. The molecule has 0 saturated carbocycles. The van der Waals surface area contributed by atoms with Gasteiger partial charge in [0.1, 0.15) is 11.5 Å². The van der Waals surface area contributed by atoms with Crippen molar-refractivity contribution in [1.82, 2.24) is 5.32 Å². The van der Waals surface area contributed by atoms with Gasteiger partial charge >= 0.3 is 0 Å². The van der Waals surface area contributed by atoms with Crippen LogP contribution in [0.4, 0.5) is 0 Å². The molecular weight excluding hydrogens is 226 g/mol. The van der Waals surface area contributed by atoms with Crippen molar-refractivity contribution in [2.75, 3.05) is 20.8 Å². The number of fused-ring (bicyclic) bond motifs is 1. The van der Waals surface area contributed by atoms with Gasteiger partial charge in [-0.1, -0.05) is 20.8 Å². The molecule has 0 saturated heterocycles. The lowest BCUT2D eigenvalue weighted by molar-refractivity contribution is 0.377. The highest BCUT2D eigenvalue weighted by molar-refractivity contribution is 5.53. The van der Waals surface area contributed by atoms with Crippen LogP contribution in [0.15, 0.2) is 12.1 Å². The first-order valence-corrected chi connectivity index (χ1v) is 6.63. The Bertz CT molecular complexity index is 431. The Kier molecular flexibility index (Phi) is 3.81. The third-order valence-corrected chi connectivity index (χ3v) is 4.13. The number of hydrogen-bond donors (Lipinski definition) is 1. The smallest absolute Gasteiger partial charge is 0.126 e. The Balaban J connectivity index is 2.53. The van der Waals surface area contributed by atoms with E-state index >= 15 is 0 Å². The molecule has 1 N–H and O–H groups in total. The molecule has 3 nitrogen and oxygen atoms in total. The molecule has 1 aliphatic carbocycles. The molecule has 0 spiro atoms. The van der Waals surface area contributed by atoms with Crippen molar-refractivity contribution in [1.29, 1.82) is 0 Å². The highest BCUT2D eigenvalue weighted by Crippen LogP contribution is 2.50. The molecule has 0 heterocycles. The minimum atomic E-state index is 0.393. The third kappa shape index (κ3) is 1.97. The molecule has 0 radical (unpaired) electrons. The fourth-order valence-corrected chi connectivity index (χ4v) is 3.00. The zero-order chi connectivity index (χ0) is 13.3. The van der Waals surface area contributed by atoms with Gasteiger partial charge in [0, 0.05) is 17.7 Å². The first-order valence-electron chi connectivity index (χ1n) is 6.63. The standard InChI is InChI=1S/C15H23NO2/c1-6-16-15-10(3)9(2)14-12(15)7-11(17-4)8-13(14)18-5/h7-10,15-16H,6H2,1-5H3. The maximum atomic E-state index is 5.54. The van der Waals surface area contributed by atoms with E-state index in [9.17, 15) is 0 Å². The highest BCUT2D eigenvalue weighted by Gasteiger charge is 2.37. The van der Waals surface area contributed by atoms with Crippen molar-refractivity contribution in [3.63, 3.8) is 0 Å². The number of methoxy groups -OCH3 is 2. The van der Waals surface area contributed by atoms with Crippen LogP contribution in [0.25, 0.3) is 0 Å². The lowest BCUT2D eigenvalue weighted by Crippen LogP contribution is -2.24. The van der Waals surface area contributed by atoms with Gasteiger partial charge < -0.3 is 14.8 Å². The predicted molar refractivity (Wildman–Crippen MR) is 73.5 cm³/mol. The molecule has 18 heavy (non-hydrogen) atoms. The molecule has 2 rings (SSSR count). The summed E-state index contributed by atoms with van der Waals surface area (Å²) < 4.78 is 10.9. The largest absolute Gasteiger partial charge is 0.497 e. The van der Waals surface area contributed by atoms with Crippen LogP contribution >= 0.6 is 0 Å². The minimum Gasteiger partial charge on any atom is -0.497 e. The summed E-state index contributed by atoms with van der Waals surface area (Å²) in [5.74, 6) is 2.89. The summed E-state index contributed by atoms with van der Waals surface area (Å²) in [4.78, 5) is 0. The van der Waals surface area contributed by atoms with Crippen molar-refractivity contribution >= 4 is 0 Å². The van der Waals surface area contributed by atoms with Crippen LogP contribution in [0.3, 0.4) is 0 Å². The molecule has 3 unspecified atom stereocenters. The van der Waals surface area contributed by atoms with Gasteiger partial charge in [0.25, 0.3) is 0 Å². The first-order chi connectivity index (χ1) is 8.63. The van der Waals surface area contributed by atoms with Crippen LogP contribution in [-0.2, 0) is 0 Å². The topological polar surface area (TPSA) is 30.5 Å². The highest BCUT2D eigenvalue weighted by atomic mass is 16.5. The fourth-order valence-electron chi connectivity index (χ4n) is 3.00. The van der Waals surface area contributed by atoms with E-state index in [-0.39, 0.29) is 0 Å². The van der Waals surface area contributed by atoms with Gasteiger partial charge in [0.2, 0.25) is 0 Å². The number of hydrogen-bond acceptors (Lipinski definition) is 3. The summed E-state index contributed by atoms with van der Waals surface area (Å²) in [6.07, 6.45) is 0. The van der Waals surface area contributed by atoms with Crippen LogP contribution in [0.1, 0.15) is 43.9 Å². The zero-order valence-corrected chi connectivity index (χ0v) is 11.9. The van der Waals surface area contributed by atoms with Crippen LogP contribution < -0.4 is 14.8 Å². The molecule has 0 amide bonds. The van der Waals surface area contributed by atoms with Crippen molar-refractivity contribution in [3.8, 4) is 11.5 Å². The molecule has 3 heteroatoms. The number of benzene rings is 1. The van der Waals surface area contributed by atoms with Crippen LogP contribution in [-0.4, -0.2) is 20.8 Å². The Morgan fingerprint density at radius 3 is 2.44 bits per heavy atom. The van der Waals surface area contributed by atoms with E-state index < -0.39 is 0 Å². The van der Waals surface area contributed by atoms with Gasteiger partial charge in [0.15, 0.2) is 0 Å². The lowest BCUT2D eigenvalue weighted by Gasteiger charge is -2.19. The molecule has 1 aromatic carbocycles. The summed E-state index contributed by atoms with van der Waals surface area (Å²) in [7, 11) is 3.43.